The van der Waals surface area contributed by atoms with E-state index in [1.54, 1.807) is 0 Å². The highest BCUT2D eigenvalue weighted by molar-refractivity contribution is 5.92. The topological polar surface area (TPSA) is 101 Å². The molecule has 1 aliphatic rings. The van der Waals surface area contributed by atoms with Gasteiger partial charge in [0.2, 0.25) is 0 Å². The zero-order valence-corrected chi connectivity index (χ0v) is 10.3. The van der Waals surface area contributed by atoms with Crippen molar-refractivity contribution in [2.24, 2.45) is 5.92 Å². The van der Waals surface area contributed by atoms with Gasteiger partial charge in [0.25, 0.3) is 5.91 Å². The summed E-state index contributed by atoms with van der Waals surface area (Å²) in [6, 6.07) is 0. The van der Waals surface area contributed by atoms with Crippen LogP contribution in [-0.4, -0.2) is 46.7 Å². The number of nitrogens with one attached hydrogen (secondary N) is 1. The van der Waals surface area contributed by atoms with Gasteiger partial charge in [-0.25, -0.2) is 14.8 Å². The van der Waals surface area contributed by atoms with E-state index < -0.39 is 5.97 Å². The first-order valence-electron chi connectivity index (χ1n) is 6.08. The summed E-state index contributed by atoms with van der Waals surface area (Å²) in [5, 5.41) is 11.4. The number of carbonyl (C=O) groups excluding carboxylic acids is 1. The molecule has 7 nitrogen and oxygen atoms in total. The molecule has 1 unspecified atom stereocenters. The fraction of sp³-hybridized carbons (Fsp3) is 0.500. The van der Waals surface area contributed by atoms with Crippen LogP contribution in [0.3, 0.4) is 0 Å². The molecule has 0 aliphatic carbocycles. The lowest BCUT2D eigenvalue weighted by molar-refractivity contribution is 0.0535. The highest BCUT2D eigenvalue weighted by Crippen LogP contribution is 2.12. The predicted octanol–water partition coefficient (Wildman–Crippen LogP) is 0.331. The van der Waals surface area contributed by atoms with Crippen LogP contribution in [0.2, 0.25) is 0 Å². The molecule has 2 N–H and O–H groups in total. The van der Waals surface area contributed by atoms with E-state index in [1.165, 1.54) is 0 Å². The number of carbonyl (C=O) groups is 2. The van der Waals surface area contributed by atoms with E-state index in [0.29, 0.717) is 19.1 Å². The molecular formula is C12H15N3O4. The second-order valence-electron chi connectivity index (χ2n) is 4.39. The molecule has 2 rings (SSSR count). The van der Waals surface area contributed by atoms with E-state index in [2.05, 4.69) is 15.3 Å². The Morgan fingerprint density at radius 3 is 2.68 bits per heavy atom. The molecule has 0 radical (unpaired) electrons. The van der Waals surface area contributed by atoms with Crippen LogP contribution in [0.4, 0.5) is 0 Å². The lowest BCUT2D eigenvalue weighted by Gasteiger charge is -2.21. The molecule has 1 fully saturated rings. The Morgan fingerprint density at radius 1 is 1.37 bits per heavy atom. The van der Waals surface area contributed by atoms with Crippen LogP contribution >= 0.6 is 0 Å². The minimum Gasteiger partial charge on any atom is -0.476 e. The second-order valence-corrected chi connectivity index (χ2v) is 4.39. The molecule has 0 aromatic carbocycles. The van der Waals surface area contributed by atoms with Crippen LogP contribution in [0.15, 0.2) is 12.4 Å². The molecule has 7 heteroatoms. The molecule has 19 heavy (non-hydrogen) atoms. The number of carboxylic acids is 1. The first-order chi connectivity index (χ1) is 9.16. The van der Waals surface area contributed by atoms with Crippen molar-refractivity contribution in [2.45, 2.75) is 12.8 Å². The van der Waals surface area contributed by atoms with Gasteiger partial charge in [-0.05, 0) is 18.8 Å². The summed E-state index contributed by atoms with van der Waals surface area (Å²) in [6.45, 7) is 1.97. The van der Waals surface area contributed by atoms with Gasteiger partial charge in [0.05, 0.1) is 19.0 Å². The Kier molecular flexibility index (Phi) is 4.40. The predicted molar refractivity (Wildman–Crippen MR) is 64.9 cm³/mol. The van der Waals surface area contributed by atoms with Gasteiger partial charge in [-0.1, -0.05) is 0 Å². The average Bonchev–Trinajstić information content (AvgIpc) is 2.46. The van der Waals surface area contributed by atoms with E-state index in [-0.39, 0.29) is 17.3 Å². The summed E-state index contributed by atoms with van der Waals surface area (Å²) in [6.07, 6.45) is 4.27. The normalized spacial score (nSPS) is 18.8. The first kappa shape index (κ1) is 13.4. The third kappa shape index (κ3) is 3.72. The van der Waals surface area contributed by atoms with Crippen molar-refractivity contribution in [1.29, 1.82) is 0 Å². The Balaban J connectivity index is 1.86. The van der Waals surface area contributed by atoms with Gasteiger partial charge in [0, 0.05) is 13.2 Å². The number of carboxylic acid groups (broad SMARTS) is 1. The summed E-state index contributed by atoms with van der Waals surface area (Å²) in [5.74, 6) is -1.20. The van der Waals surface area contributed by atoms with Crippen molar-refractivity contribution in [3.63, 3.8) is 0 Å². The van der Waals surface area contributed by atoms with E-state index in [1.807, 2.05) is 0 Å². The van der Waals surface area contributed by atoms with Gasteiger partial charge in [0.1, 0.15) is 5.69 Å². The first-order valence-corrected chi connectivity index (χ1v) is 6.08. The smallest absolute Gasteiger partial charge is 0.356 e. The summed E-state index contributed by atoms with van der Waals surface area (Å²) in [7, 11) is 0. The molecule has 0 saturated carbocycles. The number of rotatable bonds is 4. The van der Waals surface area contributed by atoms with Crippen molar-refractivity contribution in [3.05, 3.63) is 23.8 Å². The van der Waals surface area contributed by atoms with Gasteiger partial charge in [-0.3, -0.25) is 4.79 Å². The zero-order valence-electron chi connectivity index (χ0n) is 10.3. The maximum Gasteiger partial charge on any atom is 0.356 e. The van der Waals surface area contributed by atoms with Crippen LogP contribution < -0.4 is 5.32 Å². The number of hydrogen-bond acceptors (Lipinski definition) is 5. The van der Waals surface area contributed by atoms with Crippen LogP contribution in [0.1, 0.15) is 33.8 Å². The molecule has 1 aliphatic heterocycles. The minimum absolute atomic E-state index is 0.113. The standard InChI is InChI=1S/C12H15N3O4/c16-11(15-4-8-2-1-3-19-7-8)9-5-14-10(6-13-9)12(17)18/h5-6,8H,1-4,7H2,(H,15,16)(H,17,18). The zero-order chi connectivity index (χ0) is 13.7. The Labute approximate surface area is 110 Å². The van der Waals surface area contributed by atoms with E-state index in [0.717, 1.165) is 31.8 Å². The molecule has 1 aromatic rings. The van der Waals surface area contributed by atoms with E-state index in [4.69, 9.17) is 9.84 Å². The number of nitrogens with zero attached hydrogens (tertiary/aromatic N) is 2. The number of aromatic nitrogens is 2. The summed E-state index contributed by atoms with van der Waals surface area (Å²) in [4.78, 5) is 29.8. The lowest BCUT2D eigenvalue weighted by Crippen LogP contribution is -2.33. The Hall–Kier alpha value is -2.02. The Morgan fingerprint density at radius 2 is 2.11 bits per heavy atom. The lowest BCUT2D eigenvalue weighted by atomic mass is 10.0. The fourth-order valence-electron chi connectivity index (χ4n) is 1.85. The molecule has 0 spiro atoms. The van der Waals surface area contributed by atoms with Crippen LogP contribution in [0.5, 0.6) is 0 Å². The van der Waals surface area contributed by atoms with Gasteiger partial charge in [-0.15, -0.1) is 0 Å². The van der Waals surface area contributed by atoms with Crippen molar-refractivity contribution in [3.8, 4) is 0 Å². The van der Waals surface area contributed by atoms with Gasteiger partial charge < -0.3 is 15.2 Å². The highest BCUT2D eigenvalue weighted by atomic mass is 16.5. The maximum absolute atomic E-state index is 11.8. The van der Waals surface area contributed by atoms with Crippen LogP contribution in [0, 0.1) is 5.92 Å². The fourth-order valence-corrected chi connectivity index (χ4v) is 1.85. The maximum atomic E-state index is 11.8. The van der Waals surface area contributed by atoms with E-state index in [9.17, 15) is 9.59 Å². The Bertz CT molecular complexity index is 455. The molecular weight excluding hydrogens is 250 g/mol. The SMILES string of the molecule is O=C(O)c1cnc(C(=O)NCC2CCCOC2)cn1. The monoisotopic (exact) mass is 265 g/mol. The van der Waals surface area contributed by atoms with Crippen LogP contribution in [-0.2, 0) is 4.74 Å². The molecule has 1 amide bonds. The summed E-state index contributed by atoms with van der Waals surface area (Å²) >= 11 is 0. The van der Waals surface area contributed by atoms with Crippen molar-refractivity contribution in [1.82, 2.24) is 15.3 Å². The number of hydrogen-bond donors (Lipinski definition) is 2. The molecule has 1 saturated heterocycles. The van der Waals surface area contributed by atoms with Crippen molar-refractivity contribution >= 4 is 11.9 Å². The highest BCUT2D eigenvalue weighted by Gasteiger charge is 2.16. The molecule has 2 heterocycles. The quantitative estimate of drug-likeness (QED) is 0.813. The van der Waals surface area contributed by atoms with E-state index >= 15 is 0 Å². The van der Waals surface area contributed by atoms with Gasteiger partial charge in [0.15, 0.2) is 5.69 Å². The number of amides is 1. The minimum atomic E-state index is -1.17. The molecule has 0 bridgehead atoms. The molecule has 102 valence electrons. The van der Waals surface area contributed by atoms with Crippen LogP contribution in [0.25, 0.3) is 0 Å². The second kappa shape index (κ2) is 6.24. The van der Waals surface area contributed by atoms with Gasteiger partial charge >= 0.3 is 5.97 Å². The van der Waals surface area contributed by atoms with Gasteiger partial charge in [-0.2, -0.15) is 0 Å². The average molecular weight is 265 g/mol. The summed E-state index contributed by atoms with van der Waals surface area (Å²) in [5.41, 5.74) is -0.0704. The third-order valence-corrected chi connectivity index (χ3v) is 2.91. The third-order valence-electron chi connectivity index (χ3n) is 2.91. The molecule has 1 atom stereocenters. The largest absolute Gasteiger partial charge is 0.476 e. The summed E-state index contributed by atoms with van der Waals surface area (Å²) < 4.78 is 5.32. The number of ether oxygens (including phenoxy) is 1. The van der Waals surface area contributed by atoms with Crippen molar-refractivity contribution < 1.29 is 19.4 Å². The number of aromatic carboxylic acids is 1. The molecule has 1 aromatic heterocycles. The van der Waals surface area contributed by atoms with Crippen molar-refractivity contribution in [2.75, 3.05) is 19.8 Å².